The van der Waals surface area contributed by atoms with Crippen LogP contribution in [0.3, 0.4) is 0 Å². The van der Waals surface area contributed by atoms with Crippen LogP contribution in [-0.4, -0.2) is 28.6 Å². The van der Waals surface area contributed by atoms with Gasteiger partial charge in [-0.1, -0.05) is 6.07 Å². The van der Waals surface area contributed by atoms with Crippen LogP contribution in [0.15, 0.2) is 47.7 Å². The minimum Gasteiger partial charge on any atom is -0.368 e. The molecule has 128 valence electrons. The Balaban J connectivity index is 1.85. The molecule has 0 radical (unpaired) electrons. The Kier molecular flexibility index (Phi) is 4.42. The van der Waals surface area contributed by atoms with E-state index in [1.54, 1.807) is 12.3 Å². The third-order valence-electron chi connectivity index (χ3n) is 3.83. The molecule has 3 rings (SSSR count). The van der Waals surface area contributed by atoms with Crippen LogP contribution in [-0.2, 0) is 9.59 Å². The van der Waals surface area contributed by atoms with Gasteiger partial charge in [0.25, 0.3) is 5.91 Å². The molecule has 0 bridgehead atoms. The largest absolute Gasteiger partial charge is 0.368 e. The number of pyridine rings is 1. The van der Waals surface area contributed by atoms with Crippen molar-refractivity contribution in [2.24, 2.45) is 10.8 Å². The Hall–Kier alpha value is -3.29. The molecule has 2 aromatic rings. The Morgan fingerprint density at radius 3 is 2.64 bits per heavy atom. The Morgan fingerprint density at radius 2 is 2.00 bits per heavy atom. The van der Waals surface area contributed by atoms with E-state index in [4.69, 9.17) is 5.73 Å². The first-order valence-corrected chi connectivity index (χ1v) is 7.60. The number of hydrogen-bond acceptors (Lipinski definition) is 5. The summed E-state index contributed by atoms with van der Waals surface area (Å²) in [4.78, 5) is 28.3. The van der Waals surface area contributed by atoms with Gasteiger partial charge in [-0.25, -0.2) is 9.37 Å². The smallest absolute Gasteiger partial charge is 0.273 e. The molecule has 0 spiro atoms. The van der Waals surface area contributed by atoms with Gasteiger partial charge in [-0.2, -0.15) is 5.10 Å². The van der Waals surface area contributed by atoms with Crippen molar-refractivity contribution in [2.75, 3.05) is 10.3 Å². The van der Waals surface area contributed by atoms with Gasteiger partial charge in [-0.15, -0.1) is 0 Å². The molecule has 2 heterocycles. The molecule has 1 aromatic heterocycles. The summed E-state index contributed by atoms with van der Waals surface area (Å²) in [5.74, 6) is -1.07. The number of carbonyl (C=O) groups excluding carboxylic acids is 2. The van der Waals surface area contributed by atoms with Gasteiger partial charge >= 0.3 is 0 Å². The lowest BCUT2D eigenvalue weighted by Gasteiger charge is -2.20. The van der Waals surface area contributed by atoms with Crippen LogP contribution in [0.4, 0.5) is 15.9 Å². The first-order valence-electron chi connectivity index (χ1n) is 7.60. The molecule has 3 N–H and O–H groups in total. The highest BCUT2D eigenvalue weighted by atomic mass is 19.1. The number of hydrogen-bond donors (Lipinski definition) is 2. The van der Waals surface area contributed by atoms with Crippen LogP contribution in [0.25, 0.3) is 0 Å². The molecule has 1 aliphatic heterocycles. The maximum atomic E-state index is 13.1. The number of amides is 2. The van der Waals surface area contributed by atoms with Crippen LogP contribution in [0.1, 0.15) is 12.0 Å². The zero-order valence-corrected chi connectivity index (χ0v) is 13.4. The summed E-state index contributed by atoms with van der Waals surface area (Å²) in [6, 6.07) is 8.21. The molecule has 0 fully saturated rings. The molecule has 7 nitrogen and oxygen atoms in total. The number of aromatic nitrogens is 1. The zero-order valence-electron chi connectivity index (χ0n) is 13.4. The predicted octanol–water partition coefficient (Wildman–Crippen LogP) is 1.59. The van der Waals surface area contributed by atoms with E-state index < -0.39 is 23.7 Å². The van der Waals surface area contributed by atoms with Gasteiger partial charge < -0.3 is 11.1 Å². The number of nitrogens with zero attached hydrogens (tertiary/aromatic N) is 3. The lowest BCUT2D eigenvalue weighted by Crippen LogP contribution is -2.39. The molecule has 1 aliphatic rings. The molecule has 25 heavy (non-hydrogen) atoms. The van der Waals surface area contributed by atoms with Crippen molar-refractivity contribution in [3.63, 3.8) is 0 Å². The standard InChI is InChI=1S/C17H16FN5O2/c1-10-3-2-8-20-16(10)21-17(25)13-9-14(15(19)24)23(22-13)12-6-4-11(18)5-7-12/h2-8,14H,9H2,1H3,(H2,19,24)(H,20,21,25)/t14-/m1/s1. The summed E-state index contributed by atoms with van der Waals surface area (Å²) in [6.07, 6.45) is 1.63. The summed E-state index contributed by atoms with van der Waals surface area (Å²) < 4.78 is 13.1. The third-order valence-corrected chi connectivity index (χ3v) is 3.83. The van der Waals surface area contributed by atoms with Crippen LogP contribution >= 0.6 is 0 Å². The van der Waals surface area contributed by atoms with Crippen LogP contribution in [0.2, 0.25) is 0 Å². The fourth-order valence-corrected chi connectivity index (χ4v) is 2.50. The number of primary amides is 1. The van der Waals surface area contributed by atoms with Crippen molar-refractivity contribution in [2.45, 2.75) is 19.4 Å². The van der Waals surface area contributed by atoms with Crippen LogP contribution < -0.4 is 16.1 Å². The van der Waals surface area contributed by atoms with Gasteiger partial charge in [-0.05, 0) is 42.8 Å². The highest BCUT2D eigenvalue weighted by Gasteiger charge is 2.35. The summed E-state index contributed by atoms with van der Waals surface area (Å²) in [7, 11) is 0. The average Bonchev–Trinajstić information content (AvgIpc) is 3.03. The Morgan fingerprint density at radius 1 is 1.28 bits per heavy atom. The highest BCUT2D eigenvalue weighted by molar-refractivity contribution is 6.44. The van der Waals surface area contributed by atoms with E-state index in [0.29, 0.717) is 11.5 Å². The monoisotopic (exact) mass is 341 g/mol. The van der Waals surface area contributed by atoms with Gasteiger partial charge in [0.15, 0.2) is 0 Å². The van der Waals surface area contributed by atoms with E-state index in [-0.39, 0.29) is 12.1 Å². The number of aryl methyl sites for hydroxylation is 1. The second-order valence-corrected chi connectivity index (χ2v) is 5.61. The zero-order chi connectivity index (χ0) is 18.0. The van der Waals surface area contributed by atoms with Crippen molar-refractivity contribution in [1.29, 1.82) is 0 Å². The number of hydrazone groups is 1. The van der Waals surface area contributed by atoms with Gasteiger partial charge in [-0.3, -0.25) is 14.6 Å². The molecular formula is C17H16FN5O2. The van der Waals surface area contributed by atoms with Crippen LogP contribution in [0, 0.1) is 12.7 Å². The normalized spacial score (nSPS) is 16.5. The number of carbonyl (C=O) groups is 2. The van der Waals surface area contributed by atoms with Crippen molar-refractivity contribution in [3.05, 3.63) is 54.0 Å². The maximum absolute atomic E-state index is 13.1. The molecular weight excluding hydrogens is 325 g/mol. The molecule has 0 aliphatic carbocycles. The predicted molar refractivity (Wildman–Crippen MR) is 91.5 cm³/mol. The van der Waals surface area contributed by atoms with E-state index in [0.717, 1.165) is 5.56 Å². The number of nitrogens with one attached hydrogen (secondary N) is 1. The van der Waals surface area contributed by atoms with Crippen molar-refractivity contribution in [1.82, 2.24) is 4.98 Å². The van der Waals surface area contributed by atoms with Crippen molar-refractivity contribution in [3.8, 4) is 0 Å². The molecule has 8 heteroatoms. The number of rotatable bonds is 4. The average molecular weight is 341 g/mol. The summed E-state index contributed by atoms with van der Waals surface area (Å²) in [5.41, 5.74) is 6.85. The fourth-order valence-electron chi connectivity index (χ4n) is 2.50. The van der Waals surface area contributed by atoms with Crippen LogP contribution in [0.5, 0.6) is 0 Å². The van der Waals surface area contributed by atoms with E-state index in [1.165, 1.54) is 29.3 Å². The fraction of sp³-hybridized carbons (Fsp3) is 0.176. The third kappa shape index (κ3) is 3.47. The number of nitrogens with two attached hydrogens (primary N) is 1. The van der Waals surface area contributed by atoms with E-state index >= 15 is 0 Å². The second-order valence-electron chi connectivity index (χ2n) is 5.61. The van der Waals surface area contributed by atoms with Gasteiger partial charge in [0.2, 0.25) is 5.91 Å². The number of benzene rings is 1. The molecule has 1 atom stereocenters. The summed E-state index contributed by atoms with van der Waals surface area (Å²) in [5, 5.41) is 8.21. The molecule has 0 saturated heterocycles. The molecule has 2 amide bonds. The first kappa shape index (κ1) is 16.6. The minimum atomic E-state index is -0.809. The van der Waals surface area contributed by atoms with Gasteiger partial charge in [0.05, 0.1) is 5.69 Å². The topological polar surface area (TPSA) is 101 Å². The molecule has 0 saturated carbocycles. The lowest BCUT2D eigenvalue weighted by molar-refractivity contribution is -0.119. The molecule has 1 aromatic carbocycles. The minimum absolute atomic E-state index is 0.0599. The summed E-state index contributed by atoms with van der Waals surface area (Å²) >= 11 is 0. The number of anilines is 2. The first-order chi connectivity index (χ1) is 12.0. The van der Waals surface area contributed by atoms with E-state index in [2.05, 4.69) is 15.4 Å². The Bertz CT molecular complexity index is 850. The van der Waals surface area contributed by atoms with Gasteiger partial charge in [0.1, 0.15) is 23.4 Å². The second kappa shape index (κ2) is 6.68. The SMILES string of the molecule is Cc1cccnc1NC(=O)C1=NN(c2ccc(F)cc2)[C@@H](C(N)=O)C1. The van der Waals surface area contributed by atoms with E-state index in [9.17, 15) is 14.0 Å². The number of halogens is 1. The van der Waals surface area contributed by atoms with Crippen molar-refractivity contribution >= 4 is 29.0 Å². The van der Waals surface area contributed by atoms with Crippen molar-refractivity contribution < 1.29 is 14.0 Å². The molecule has 0 unspecified atom stereocenters. The highest BCUT2D eigenvalue weighted by Crippen LogP contribution is 2.25. The summed E-state index contributed by atoms with van der Waals surface area (Å²) in [6.45, 7) is 1.82. The quantitative estimate of drug-likeness (QED) is 0.882. The Labute approximate surface area is 143 Å². The van der Waals surface area contributed by atoms with E-state index in [1.807, 2.05) is 13.0 Å². The lowest BCUT2D eigenvalue weighted by atomic mass is 10.1. The maximum Gasteiger partial charge on any atom is 0.273 e. The van der Waals surface area contributed by atoms with Gasteiger partial charge in [0, 0.05) is 12.6 Å².